The van der Waals surface area contributed by atoms with Gasteiger partial charge in [-0.05, 0) is 44.2 Å². The molecule has 1 aromatic rings. The first-order chi connectivity index (χ1) is 10.1. The number of rotatable bonds is 1. The normalized spacial score (nSPS) is 21.4. The number of phenols is 1. The largest absolute Gasteiger partial charge is 0.508 e. The van der Waals surface area contributed by atoms with Gasteiger partial charge in [0.1, 0.15) is 17.1 Å². The summed E-state index contributed by atoms with van der Waals surface area (Å²) >= 11 is 0. The lowest BCUT2D eigenvalue weighted by molar-refractivity contribution is 0.0315. The van der Waals surface area contributed by atoms with Gasteiger partial charge in [-0.15, -0.1) is 0 Å². The van der Waals surface area contributed by atoms with Gasteiger partial charge < -0.3 is 14.6 Å². The Morgan fingerprint density at radius 2 is 2.10 bits per heavy atom. The molecule has 0 spiro atoms. The van der Waals surface area contributed by atoms with Crippen LogP contribution in [0.5, 0.6) is 11.5 Å². The van der Waals surface area contributed by atoms with E-state index in [0.717, 1.165) is 32.1 Å². The fourth-order valence-corrected chi connectivity index (χ4v) is 2.51. The predicted molar refractivity (Wildman–Crippen MR) is 81.7 cm³/mol. The van der Waals surface area contributed by atoms with Crippen molar-refractivity contribution in [2.45, 2.75) is 45.1 Å². The van der Waals surface area contributed by atoms with Gasteiger partial charge in [-0.25, -0.2) is 4.79 Å². The number of cyclic esters (lactones) is 1. The zero-order chi connectivity index (χ0) is 15.2. The van der Waals surface area contributed by atoms with E-state index in [1.807, 2.05) is 19.1 Å². The summed E-state index contributed by atoms with van der Waals surface area (Å²) in [4.78, 5) is 12.4. The Balaban J connectivity index is 2.44. The lowest BCUT2D eigenvalue weighted by Crippen LogP contribution is -2.17. The standard InChI is InChI=1S/C17H22O4/c1-12-8-6-4-3-5-7-9-13-10-14(18)11-15(20-2)16(13)17(19)21-12/h7,9-12,18H,3-6,8H2,1-2H3/b9-7+. The van der Waals surface area contributed by atoms with Crippen molar-refractivity contribution in [2.75, 3.05) is 7.11 Å². The first-order valence-electron chi connectivity index (χ1n) is 7.40. The molecule has 0 bridgehead atoms. The minimum Gasteiger partial charge on any atom is -0.508 e. The van der Waals surface area contributed by atoms with Crippen LogP contribution < -0.4 is 4.74 Å². The molecule has 1 aromatic carbocycles. The summed E-state index contributed by atoms with van der Waals surface area (Å²) in [7, 11) is 1.48. The van der Waals surface area contributed by atoms with Crippen molar-refractivity contribution in [1.82, 2.24) is 0 Å². The Labute approximate surface area is 125 Å². The average Bonchev–Trinajstić information content (AvgIpc) is 2.44. The molecular weight excluding hydrogens is 268 g/mol. The lowest BCUT2D eigenvalue weighted by atomic mass is 10.0. The van der Waals surface area contributed by atoms with Gasteiger partial charge in [0.25, 0.3) is 0 Å². The molecule has 0 fully saturated rings. The number of ether oxygens (including phenoxy) is 2. The molecule has 0 aliphatic carbocycles. The van der Waals surface area contributed by atoms with Crippen LogP contribution in [0.3, 0.4) is 0 Å². The zero-order valence-electron chi connectivity index (χ0n) is 12.6. The van der Waals surface area contributed by atoms with Crippen LogP contribution >= 0.6 is 0 Å². The van der Waals surface area contributed by atoms with Gasteiger partial charge in [0.2, 0.25) is 0 Å². The van der Waals surface area contributed by atoms with Gasteiger partial charge in [0.15, 0.2) is 0 Å². The van der Waals surface area contributed by atoms with Gasteiger partial charge in [0, 0.05) is 6.07 Å². The van der Waals surface area contributed by atoms with E-state index in [2.05, 4.69) is 0 Å². The van der Waals surface area contributed by atoms with Crippen LogP contribution in [0.4, 0.5) is 0 Å². The number of fused-ring (bicyclic) bond motifs is 1. The maximum atomic E-state index is 12.4. The van der Waals surface area contributed by atoms with Crippen LogP contribution in [0, 0.1) is 0 Å². The van der Waals surface area contributed by atoms with E-state index >= 15 is 0 Å². The van der Waals surface area contributed by atoms with Crippen LogP contribution in [0.25, 0.3) is 6.08 Å². The van der Waals surface area contributed by atoms with Crippen molar-refractivity contribution in [3.05, 3.63) is 29.3 Å². The average molecular weight is 290 g/mol. The van der Waals surface area contributed by atoms with Crippen LogP contribution in [-0.4, -0.2) is 24.3 Å². The summed E-state index contributed by atoms with van der Waals surface area (Å²) in [5.74, 6) is 0.00618. The smallest absolute Gasteiger partial charge is 0.342 e. The van der Waals surface area contributed by atoms with Crippen LogP contribution in [0.2, 0.25) is 0 Å². The maximum Gasteiger partial charge on any atom is 0.342 e. The molecule has 21 heavy (non-hydrogen) atoms. The Bertz CT molecular complexity index is 534. The van der Waals surface area contributed by atoms with Crippen molar-refractivity contribution in [1.29, 1.82) is 0 Å². The van der Waals surface area contributed by atoms with Crippen molar-refractivity contribution in [3.8, 4) is 11.5 Å². The molecule has 1 aliphatic heterocycles. The number of phenolic OH excluding ortho intramolecular Hbond substituents is 1. The van der Waals surface area contributed by atoms with Gasteiger partial charge in [0.05, 0.1) is 13.2 Å². The summed E-state index contributed by atoms with van der Waals surface area (Å²) in [6.07, 6.45) is 8.88. The van der Waals surface area contributed by atoms with E-state index in [0.29, 0.717) is 16.9 Å². The van der Waals surface area contributed by atoms with E-state index in [9.17, 15) is 9.90 Å². The quantitative estimate of drug-likeness (QED) is 0.796. The molecule has 0 saturated heterocycles. The van der Waals surface area contributed by atoms with Gasteiger partial charge >= 0.3 is 5.97 Å². The molecular formula is C17H22O4. The number of allylic oxidation sites excluding steroid dienone is 1. The number of carbonyl (C=O) groups is 1. The van der Waals surface area contributed by atoms with Crippen LogP contribution in [-0.2, 0) is 4.74 Å². The molecule has 4 nitrogen and oxygen atoms in total. The fourth-order valence-electron chi connectivity index (χ4n) is 2.51. The number of aromatic hydroxyl groups is 1. The molecule has 1 N–H and O–H groups in total. The van der Waals surface area contributed by atoms with E-state index in [-0.39, 0.29) is 11.9 Å². The molecule has 114 valence electrons. The first-order valence-corrected chi connectivity index (χ1v) is 7.40. The molecule has 4 heteroatoms. The van der Waals surface area contributed by atoms with E-state index in [4.69, 9.17) is 9.47 Å². The molecule has 1 unspecified atom stereocenters. The molecule has 2 rings (SSSR count). The Morgan fingerprint density at radius 1 is 1.29 bits per heavy atom. The van der Waals surface area contributed by atoms with E-state index < -0.39 is 5.97 Å². The lowest BCUT2D eigenvalue weighted by Gasteiger charge is -2.17. The van der Waals surface area contributed by atoms with Crippen molar-refractivity contribution in [3.63, 3.8) is 0 Å². The van der Waals surface area contributed by atoms with E-state index in [1.165, 1.54) is 13.2 Å². The summed E-state index contributed by atoms with van der Waals surface area (Å²) in [6, 6.07) is 3.00. The third-order valence-corrected chi connectivity index (χ3v) is 3.63. The summed E-state index contributed by atoms with van der Waals surface area (Å²) < 4.78 is 10.7. The highest BCUT2D eigenvalue weighted by atomic mass is 16.5. The van der Waals surface area contributed by atoms with Gasteiger partial charge in [-0.2, -0.15) is 0 Å². The molecule has 0 aromatic heterocycles. The number of benzene rings is 1. The summed E-state index contributed by atoms with van der Waals surface area (Å²) in [5.41, 5.74) is 1.00. The molecule has 0 amide bonds. The number of carbonyl (C=O) groups excluding carboxylic acids is 1. The molecule has 1 aliphatic rings. The molecule has 0 radical (unpaired) electrons. The minimum atomic E-state index is -0.403. The van der Waals surface area contributed by atoms with Gasteiger partial charge in [-0.1, -0.05) is 18.6 Å². The fraction of sp³-hybridized carbons (Fsp3) is 0.471. The summed E-state index contributed by atoms with van der Waals surface area (Å²) in [6.45, 7) is 1.91. The summed E-state index contributed by atoms with van der Waals surface area (Å²) in [5, 5.41) is 9.76. The second-order valence-electron chi connectivity index (χ2n) is 5.37. The predicted octanol–water partition coefficient (Wildman–Crippen LogP) is 3.92. The SMILES string of the molecule is COc1cc(O)cc2c1C(=O)OC(C)CCCCC/C=C/2. The second-order valence-corrected chi connectivity index (χ2v) is 5.37. The highest BCUT2D eigenvalue weighted by Crippen LogP contribution is 2.30. The van der Waals surface area contributed by atoms with Gasteiger partial charge in [-0.3, -0.25) is 0 Å². The monoisotopic (exact) mass is 290 g/mol. The van der Waals surface area contributed by atoms with Crippen molar-refractivity contribution >= 4 is 12.0 Å². The molecule has 1 atom stereocenters. The Morgan fingerprint density at radius 3 is 2.86 bits per heavy atom. The van der Waals surface area contributed by atoms with Crippen LogP contribution in [0.1, 0.15) is 54.9 Å². The zero-order valence-corrected chi connectivity index (χ0v) is 12.6. The Kier molecular flexibility index (Phi) is 5.26. The van der Waals surface area contributed by atoms with E-state index in [1.54, 1.807) is 6.07 Å². The number of hydrogen-bond acceptors (Lipinski definition) is 4. The Hall–Kier alpha value is -1.97. The number of hydrogen-bond donors (Lipinski definition) is 1. The third kappa shape index (κ3) is 4.00. The topological polar surface area (TPSA) is 55.8 Å². The minimum absolute atomic E-state index is 0.0724. The van der Waals surface area contributed by atoms with Crippen LogP contribution in [0.15, 0.2) is 18.2 Å². The van der Waals surface area contributed by atoms with Crippen molar-refractivity contribution in [2.24, 2.45) is 0 Å². The number of methoxy groups -OCH3 is 1. The van der Waals surface area contributed by atoms with Crippen molar-refractivity contribution < 1.29 is 19.4 Å². The maximum absolute atomic E-state index is 12.4. The molecule has 0 saturated carbocycles. The second kappa shape index (κ2) is 7.16. The highest BCUT2D eigenvalue weighted by molar-refractivity contribution is 5.97. The molecule has 1 heterocycles. The first kappa shape index (κ1) is 15.4. The highest BCUT2D eigenvalue weighted by Gasteiger charge is 2.21. The number of esters is 1. The third-order valence-electron chi connectivity index (χ3n) is 3.63.